The Morgan fingerprint density at radius 3 is 2.37 bits per heavy atom. The maximum absolute atomic E-state index is 13.2. The minimum Gasteiger partial charge on any atom is -0.372 e. The van der Waals surface area contributed by atoms with Crippen LogP contribution in [0.3, 0.4) is 0 Å². The quantitative estimate of drug-likeness (QED) is 0.744. The number of rotatable bonds is 1. The number of ether oxygens (including phenoxy) is 1. The summed E-state index contributed by atoms with van der Waals surface area (Å²) in [6.07, 6.45) is -0.200. The zero-order valence-corrected chi connectivity index (χ0v) is 11.4. The van der Waals surface area contributed by atoms with Gasteiger partial charge in [0, 0.05) is 13.1 Å². The SMILES string of the molecule is C[C@H]1CN(C(=O)c2cc(F)c(F)cc2Cl)C[C@H](C)O1. The summed E-state index contributed by atoms with van der Waals surface area (Å²) in [5, 5.41) is -0.0873. The van der Waals surface area contributed by atoms with Crippen LogP contribution >= 0.6 is 11.6 Å². The van der Waals surface area contributed by atoms with E-state index in [0.29, 0.717) is 13.1 Å². The topological polar surface area (TPSA) is 29.5 Å². The summed E-state index contributed by atoms with van der Waals surface area (Å²) in [5.41, 5.74) is -0.0260. The van der Waals surface area contributed by atoms with E-state index in [4.69, 9.17) is 16.3 Å². The summed E-state index contributed by atoms with van der Waals surface area (Å²) in [5.74, 6) is -2.56. The highest BCUT2D eigenvalue weighted by Crippen LogP contribution is 2.23. The molecule has 1 aliphatic heterocycles. The number of carbonyl (C=O) groups excluding carboxylic acids is 1. The Balaban J connectivity index is 2.26. The van der Waals surface area contributed by atoms with Crippen LogP contribution in [0.5, 0.6) is 0 Å². The minimum atomic E-state index is -1.08. The van der Waals surface area contributed by atoms with Crippen molar-refractivity contribution in [3.63, 3.8) is 0 Å². The molecule has 1 aliphatic rings. The van der Waals surface area contributed by atoms with Crippen molar-refractivity contribution in [2.45, 2.75) is 26.1 Å². The number of nitrogens with zero attached hydrogens (tertiary/aromatic N) is 1. The average Bonchev–Trinajstić information content (AvgIpc) is 2.31. The molecule has 0 aromatic heterocycles. The Hall–Kier alpha value is -1.20. The zero-order valence-electron chi connectivity index (χ0n) is 10.6. The molecule has 1 aromatic carbocycles. The molecule has 104 valence electrons. The van der Waals surface area contributed by atoms with Crippen molar-refractivity contribution in [1.29, 1.82) is 0 Å². The first-order valence-electron chi connectivity index (χ1n) is 5.97. The van der Waals surface area contributed by atoms with Crippen LogP contribution in [0.25, 0.3) is 0 Å². The van der Waals surface area contributed by atoms with Gasteiger partial charge in [0.15, 0.2) is 11.6 Å². The van der Waals surface area contributed by atoms with Crippen LogP contribution in [0.1, 0.15) is 24.2 Å². The van der Waals surface area contributed by atoms with Gasteiger partial charge in [-0.1, -0.05) is 11.6 Å². The molecule has 1 amide bonds. The molecule has 3 nitrogen and oxygen atoms in total. The largest absolute Gasteiger partial charge is 0.372 e. The highest BCUT2D eigenvalue weighted by molar-refractivity contribution is 6.33. The molecule has 6 heteroatoms. The number of halogens is 3. The molecule has 2 rings (SSSR count). The number of benzene rings is 1. The highest BCUT2D eigenvalue weighted by Gasteiger charge is 2.28. The lowest BCUT2D eigenvalue weighted by molar-refractivity contribution is -0.0586. The normalized spacial score (nSPS) is 23.5. The van der Waals surface area contributed by atoms with Crippen LogP contribution in [0, 0.1) is 11.6 Å². The molecular formula is C13H14ClF2NO2. The van der Waals surface area contributed by atoms with Gasteiger partial charge >= 0.3 is 0 Å². The monoisotopic (exact) mass is 289 g/mol. The number of morpholine rings is 1. The summed E-state index contributed by atoms with van der Waals surface area (Å²) in [7, 11) is 0. The van der Waals surface area contributed by atoms with E-state index in [0.717, 1.165) is 12.1 Å². The first-order chi connectivity index (χ1) is 8.88. The van der Waals surface area contributed by atoms with Crippen molar-refractivity contribution >= 4 is 17.5 Å². The Morgan fingerprint density at radius 2 is 1.79 bits per heavy atom. The van der Waals surface area contributed by atoms with E-state index in [2.05, 4.69) is 0 Å². The second kappa shape index (κ2) is 5.43. The van der Waals surface area contributed by atoms with Gasteiger partial charge in [0.2, 0.25) is 0 Å². The minimum absolute atomic E-state index is 0.0260. The van der Waals surface area contributed by atoms with Gasteiger partial charge in [0.25, 0.3) is 5.91 Å². The fourth-order valence-electron chi connectivity index (χ4n) is 2.20. The second-order valence-corrected chi connectivity index (χ2v) is 5.12. The van der Waals surface area contributed by atoms with E-state index in [1.54, 1.807) is 0 Å². The lowest BCUT2D eigenvalue weighted by Gasteiger charge is -2.35. The van der Waals surface area contributed by atoms with Gasteiger partial charge in [-0.15, -0.1) is 0 Å². The Morgan fingerprint density at radius 1 is 1.26 bits per heavy atom. The van der Waals surface area contributed by atoms with E-state index in [1.165, 1.54) is 4.90 Å². The molecule has 1 heterocycles. The Labute approximate surface area is 115 Å². The van der Waals surface area contributed by atoms with E-state index < -0.39 is 17.5 Å². The molecule has 19 heavy (non-hydrogen) atoms. The second-order valence-electron chi connectivity index (χ2n) is 4.71. The summed E-state index contributed by atoms with van der Waals surface area (Å²) < 4.78 is 31.7. The third-order valence-electron chi connectivity index (χ3n) is 2.95. The molecule has 0 radical (unpaired) electrons. The van der Waals surface area contributed by atoms with Crippen molar-refractivity contribution in [1.82, 2.24) is 4.90 Å². The molecule has 0 unspecified atom stereocenters. The van der Waals surface area contributed by atoms with Gasteiger partial charge < -0.3 is 9.64 Å². The molecular weight excluding hydrogens is 276 g/mol. The van der Waals surface area contributed by atoms with Crippen LogP contribution in [0.15, 0.2) is 12.1 Å². The van der Waals surface area contributed by atoms with Gasteiger partial charge in [0.05, 0.1) is 22.8 Å². The molecule has 2 atom stereocenters. The van der Waals surface area contributed by atoms with Crippen molar-refractivity contribution in [2.75, 3.05) is 13.1 Å². The number of hydrogen-bond donors (Lipinski definition) is 0. The van der Waals surface area contributed by atoms with E-state index in [9.17, 15) is 13.6 Å². The van der Waals surface area contributed by atoms with Gasteiger partial charge in [-0.2, -0.15) is 0 Å². The summed E-state index contributed by atoms with van der Waals surface area (Å²) >= 11 is 5.80. The van der Waals surface area contributed by atoms with E-state index >= 15 is 0 Å². The van der Waals surface area contributed by atoms with Gasteiger partial charge in [-0.25, -0.2) is 8.78 Å². The average molecular weight is 290 g/mol. The lowest BCUT2D eigenvalue weighted by Crippen LogP contribution is -2.48. The molecule has 1 aromatic rings. The molecule has 0 spiro atoms. The van der Waals surface area contributed by atoms with Crippen LogP contribution in [-0.4, -0.2) is 36.1 Å². The number of amides is 1. The smallest absolute Gasteiger partial charge is 0.255 e. The highest BCUT2D eigenvalue weighted by atomic mass is 35.5. The van der Waals surface area contributed by atoms with Crippen LogP contribution in [0.2, 0.25) is 5.02 Å². The van der Waals surface area contributed by atoms with Gasteiger partial charge in [-0.3, -0.25) is 4.79 Å². The first-order valence-corrected chi connectivity index (χ1v) is 6.35. The molecule has 1 fully saturated rings. The molecule has 1 saturated heterocycles. The van der Waals surface area contributed by atoms with E-state index in [-0.39, 0.29) is 22.8 Å². The fraction of sp³-hybridized carbons (Fsp3) is 0.462. The number of carbonyl (C=O) groups is 1. The van der Waals surface area contributed by atoms with Crippen molar-refractivity contribution in [3.8, 4) is 0 Å². The predicted molar refractivity (Wildman–Crippen MR) is 67.3 cm³/mol. The molecule has 0 saturated carbocycles. The van der Waals surface area contributed by atoms with Gasteiger partial charge in [-0.05, 0) is 26.0 Å². The summed E-state index contributed by atoms with van der Waals surface area (Å²) in [4.78, 5) is 13.8. The lowest BCUT2D eigenvalue weighted by atomic mass is 10.1. The first kappa shape index (κ1) is 14.2. The standard InChI is InChI=1S/C13H14ClF2NO2/c1-7-5-17(6-8(2)19-7)13(18)9-3-11(15)12(16)4-10(9)14/h3-4,7-8H,5-6H2,1-2H3/t7-,8-/m0/s1. The molecule has 0 bridgehead atoms. The van der Waals surface area contributed by atoms with E-state index in [1.807, 2.05) is 13.8 Å². The maximum atomic E-state index is 13.2. The van der Waals surface area contributed by atoms with Crippen LogP contribution < -0.4 is 0 Å². The Bertz CT molecular complexity index is 500. The van der Waals surface area contributed by atoms with Crippen molar-refractivity contribution in [3.05, 3.63) is 34.4 Å². The fourth-order valence-corrected chi connectivity index (χ4v) is 2.43. The van der Waals surface area contributed by atoms with Crippen LogP contribution in [-0.2, 0) is 4.74 Å². The van der Waals surface area contributed by atoms with Crippen LogP contribution in [0.4, 0.5) is 8.78 Å². The summed E-state index contributed by atoms with van der Waals surface area (Å²) in [6, 6.07) is 1.65. The van der Waals surface area contributed by atoms with Gasteiger partial charge in [0.1, 0.15) is 0 Å². The predicted octanol–water partition coefficient (Wildman–Crippen LogP) is 2.87. The van der Waals surface area contributed by atoms with Crippen molar-refractivity contribution < 1.29 is 18.3 Å². The number of hydrogen-bond acceptors (Lipinski definition) is 2. The third kappa shape index (κ3) is 3.04. The third-order valence-corrected chi connectivity index (χ3v) is 3.26. The van der Waals surface area contributed by atoms with Crippen molar-refractivity contribution in [2.24, 2.45) is 0 Å². The maximum Gasteiger partial charge on any atom is 0.255 e. The Kier molecular flexibility index (Phi) is 4.06. The zero-order chi connectivity index (χ0) is 14.2. The summed E-state index contributed by atoms with van der Waals surface area (Å²) in [6.45, 7) is 4.50. The molecule has 0 aliphatic carbocycles. The molecule has 0 N–H and O–H groups in total.